The van der Waals surface area contributed by atoms with Gasteiger partial charge in [-0.1, -0.05) is 6.07 Å². The first-order valence-corrected chi connectivity index (χ1v) is 12.3. The zero-order valence-electron chi connectivity index (χ0n) is 21.6. The number of nitrogens with one attached hydrogen (secondary N) is 1. The Labute approximate surface area is 214 Å². The van der Waals surface area contributed by atoms with Crippen molar-refractivity contribution in [2.24, 2.45) is 7.05 Å². The summed E-state index contributed by atoms with van der Waals surface area (Å²) in [5, 5.41) is 11.1. The van der Waals surface area contributed by atoms with Crippen LogP contribution in [-0.4, -0.2) is 38.6 Å². The van der Waals surface area contributed by atoms with E-state index in [0.29, 0.717) is 69.0 Å². The number of hydrogen-bond acceptors (Lipinski definition) is 4. The average molecular weight is 504 g/mol. The van der Waals surface area contributed by atoms with Crippen molar-refractivity contribution < 1.29 is 19.0 Å². The molecular weight excluding hydrogens is 473 g/mol. The van der Waals surface area contributed by atoms with Gasteiger partial charge in [0.05, 0.1) is 16.5 Å². The molecule has 1 amide bonds. The smallest absolute Gasteiger partial charge is 0.270 e. The quantitative estimate of drug-likeness (QED) is 0.394. The second kappa shape index (κ2) is 8.88. The summed E-state index contributed by atoms with van der Waals surface area (Å²) < 4.78 is 21.8. The van der Waals surface area contributed by atoms with Gasteiger partial charge in [-0.05, 0) is 81.1 Å². The maximum absolute atomic E-state index is 13.9. The lowest BCUT2D eigenvalue weighted by Crippen LogP contribution is -2.42. The zero-order valence-corrected chi connectivity index (χ0v) is 21.6. The van der Waals surface area contributed by atoms with Crippen molar-refractivity contribution in [1.82, 2.24) is 14.5 Å². The van der Waals surface area contributed by atoms with Crippen molar-refractivity contribution in [1.29, 1.82) is 0 Å². The number of rotatable bonds is 5. The minimum Gasteiger partial charge on any atom is -0.456 e. The molecular formula is C29H30FN3O4. The van der Waals surface area contributed by atoms with E-state index in [-0.39, 0.29) is 17.3 Å². The molecule has 37 heavy (non-hydrogen) atoms. The van der Waals surface area contributed by atoms with Gasteiger partial charge in [0.15, 0.2) is 0 Å². The summed E-state index contributed by atoms with van der Waals surface area (Å²) >= 11 is 0. The van der Waals surface area contributed by atoms with E-state index in [9.17, 15) is 19.1 Å². The Bertz CT molecular complexity index is 1580. The minimum atomic E-state index is -1.14. The molecule has 1 fully saturated rings. The van der Waals surface area contributed by atoms with Gasteiger partial charge >= 0.3 is 0 Å². The highest BCUT2D eigenvalue weighted by molar-refractivity contribution is 6.02. The van der Waals surface area contributed by atoms with Crippen LogP contribution in [0.3, 0.4) is 0 Å². The first-order chi connectivity index (χ1) is 17.4. The maximum atomic E-state index is 13.9. The molecule has 192 valence electrons. The number of likely N-dealkylation sites (tertiary alicyclic amines) is 1. The van der Waals surface area contributed by atoms with Crippen LogP contribution in [0, 0.1) is 19.7 Å². The Hall–Kier alpha value is -3.91. The number of carbonyl (C=O) groups is 1. The van der Waals surface area contributed by atoms with Crippen molar-refractivity contribution in [2.75, 3.05) is 13.1 Å². The van der Waals surface area contributed by atoms with E-state index in [1.807, 2.05) is 6.07 Å². The molecule has 0 unspecified atom stereocenters. The summed E-state index contributed by atoms with van der Waals surface area (Å²) in [4.78, 5) is 30.9. The number of H-pyrrole nitrogens is 1. The number of benzene rings is 2. The number of fused-ring (bicyclic) bond motifs is 1. The number of hydrogen-bond donors (Lipinski definition) is 2. The Morgan fingerprint density at radius 3 is 2.35 bits per heavy atom. The molecule has 4 aromatic rings. The molecule has 7 nitrogen and oxygen atoms in total. The Morgan fingerprint density at radius 1 is 1.08 bits per heavy atom. The van der Waals surface area contributed by atoms with E-state index < -0.39 is 5.60 Å². The van der Waals surface area contributed by atoms with Gasteiger partial charge in [0.25, 0.3) is 11.5 Å². The first-order valence-electron chi connectivity index (χ1n) is 12.3. The van der Waals surface area contributed by atoms with Crippen LogP contribution >= 0.6 is 0 Å². The van der Waals surface area contributed by atoms with Gasteiger partial charge < -0.3 is 24.3 Å². The molecule has 1 aliphatic rings. The molecule has 1 saturated heterocycles. The highest BCUT2D eigenvalue weighted by Gasteiger charge is 2.26. The first kappa shape index (κ1) is 24.8. The molecule has 2 N–H and O–H groups in total. The fourth-order valence-electron chi connectivity index (χ4n) is 4.73. The summed E-state index contributed by atoms with van der Waals surface area (Å²) in [6, 6.07) is 9.79. The van der Waals surface area contributed by atoms with E-state index in [1.54, 1.807) is 64.0 Å². The fraction of sp³-hybridized carbons (Fsp3) is 0.310. The van der Waals surface area contributed by atoms with E-state index in [1.165, 1.54) is 16.7 Å². The molecule has 0 spiro atoms. The van der Waals surface area contributed by atoms with Gasteiger partial charge in [0.1, 0.15) is 23.0 Å². The van der Waals surface area contributed by atoms with Crippen molar-refractivity contribution >= 4 is 16.8 Å². The number of aryl methyl sites for hydroxylation is 3. The molecule has 1 aliphatic heterocycles. The molecule has 0 saturated carbocycles. The fourth-order valence-corrected chi connectivity index (χ4v) is 4.73. The summed E-state index contributed by atoms with van der Waals surface area (Å²) in [7, 11) is 1.66. The van der Waals surface area contributed by atoms with Crippen LogP contribution in [0.15, 0.2) is 47.4 Å². The standard InChI is InChI=1S/C29H30FN3O4/c1-16-11-19(30)12-17(2)26(16)37-24-8-7-18(29(3,4)36)13-20(24)22-15-32(5)27(34)21-14-23(31-25(21)22)28(35)33-9-6-10-33/h7-8,11-15,31,36H,6,9-10H2,1-5H3. The summed E-state index contributed by atoms with van der Waals surface area (Å²) in [6.45, 7) is 8.33. The van der Waals surface area contributed by atoms with Crippen molar-refractivity contribution in [3.8, 4) is 22.6 Å². The van der Waals surface area contributed by atoms with Gasteiger partial charge in [-0.2, -0.15) is 0 Å². The predicted molar refractivity (Wildman–Crippen MR) is 141 cm³/mol. The lowest BCUT2D eigenvalue weighted by molar-refractivity contribution is 0.0646. The number of aromatic amines is 1. The van der Waals surface area contributed by atoms with Gasteiger partial charge in [-0.25, -0.2) is 4.39 Å². The van der Waals surface area contributed by atoms with Crippen LogP contribution in [-0.2, 0) is 12.6 Å². The molecule has 3 heterocycles. The third-order valence-electron chi connectivity index (χ3n) is 6.95. The largest absolute Gasteiger partial charge is 0.456 e. The van der Waals surface area contributed by atoms with Crippen LogP contribution in [0.5, 0.6) is 11.5 Å². The normalized spacial score (nSPS) is 13.6. The highest BCUT2D eigenvalue weighted by atomic mass is 19.1. The molecule has 5 rings (SSSR count). The van der Waals surface area contributed by atoms with Gasteiger partial charge in [0, 0.05) is 37.5 Å². The van der Waals surface area contributed by atoms with E-state index in [2.05, 4.69) is 4.98 Å². The van der Waals surface area contributed by atoms with Gasteiger partial charge in [0.2, 0.25) is 0 Å². The molecule has 2 aromatic heterocycles. The number of amides is 1. The molecule has 0 aliphatic carbocycles. The second-order valence-corrected chi connectivity index (χ2v) is 10.3. The average Bonchev–Trinajstić information content (AvgIpc) is 3.23. The molecule has 0 radical (unpaired) electrons. The van der Waals surface area contributed by atoms with Gasteiger partial charge in [-0.15, -0.1) is 0 Å². The third-order valence-corrected chi connectivity index (χ3v) is 6.95. The molecule has 2 aromatic carbocycles. The lowest BCUT2D eigenvalue weighted by Gasteiger charge is -2.30. The second-order valence-electron chi connectivity index (χ2n) is 10.3. The lowest BCUT2D eigenvalue weighted by atomic mass is 9.93. The SMILES string of the molecule is Cc1cc(F)cc(C)c1Oc1ccc(C(C)(C)O)cc1-c1cn(C)c(=O)c2cc(C(=O)N3CCC3)[nH]c12. The van der Waals surface area contributed by atoms with Crippen molar-refractivity contribution in [3.63, 3.8) is 0 Å². The number of carbonyl (C=O) groups excluding carboxylic acids is 1. The third kappa shape index (κ3) is 4.42. The summed E-state index contributed by atoms with van der Waals surface area (Å²) in [5.74, 6) is 0.510. The summed E-state index contributed by atoms with van der Waals surface area (Å²) in [6.07, 6.45) is 2.66. The molecule has 0 atom stereocenters. The number of halogens is 1. The maximum Gasteiger partial charge on any atom is 0.270 e. The Kier molecular flexibility index (Phi) is 5.95. The number of nitrogens with zero attached hydrogens (tertiary/aromatic N) is 2. The van der Waals surface area contributed by atoms with Crippen molar-refractivity contribution in [2.45, 2.75) is 39.7 Å². The molecule has 0 bridgehead atoms. The topological polar surface area (TPSA) is 87.6 Å². The Morgan fingerprint density at radius 2 is 1.76 bits per heavy atom. The van der Waals surface area contributed by atoms with Crippen LogP contribution < -0.4 is 10.3 Å². The number of pyridine rings is 1. The number of aromatic nitrogens is 2. The number of aliphatic hydroxyl groups is 1. The monoisotopic (exact) mass is 503 g/mol. The zero-order chi connectivity index (χ0) is 26.6. The Balaban J connectivity index is 1.74. The van der Waals surface area contributed by atoms with E-state index in [0.717, 1.165) is 6.42 Å². The van der Waals surface area contributed by atoms with E-state index in [4.69, 9.17) is 4.74 Å². The highest BCUT2D eigenvalue weighted by Crippen LogP contribution is 2.40. The van der Waals surface area contributed by atoms with Crippen molar-refractivity contribution in [3.05, 3.63) is 81.2 Å². The minimum absolute atomic E-state index is 0.144. The van der Waals surface area contributed by atoms with Crippen LogP contribution in [0.1, 0.15) is 47.4 Å². The van der Waals surface area contributed by atoms with Crippen LogP contribution in [0.2, 0.25) is 0 Å². The number of ether oxygens (including phenoxy) is 1. The molecule has 8 heteroatoms. The van der Waals surface area contributed by atoms with Crippen LogP contribution in [0.4, 0.5) is 4.39 Å². The van der Waals surface area contributed by atoms with Gasteiger partial charge in [-0.3, -0.25) is 9.59 Å². The van der Waals surface area contributed by atoms with Crippen LogP contribution in [0.25, 0.3) is 22.0 Å². The predicted octanol–water partition coefficient (Wildman–Crippen LogP) is 5.16. The summed E-state index contributed by atoms with van der Waals surface area (Å²) in [5.41, 5.74) is 2.68. The van der Waals surface area contributed by atoms with E-state index >= 15 is 0 Å².